The minimum absolute atomic E-state index is 0.0123. The summed E-state index contributed by atoms with van der Waals surface area (Å²) in [6, 6.07) is 2.86. The van der Waals surface area contributed by atoms with Crippen LogP contribution in [0.5, 0.6) is 0 Å². The van der Waals surface area contributed by atoms with Crippen LogP contribution in [0.2, 0.25) is 10.0 Å². The second-order valence-corrected chi connectivity index (χ2v) is 6.82. The predicted molar refractivity (Wildman–Crippen MR) is 73.9 cm³/mol. The molecule has 1 saturated heterocycles. The Morgan fingerprint density at radius 3 is 2.42 bits per heavy atom. The van der Waals surface area contributed by atoms with E-state index in [4.69, 9.17) is 33.7 Å². The molecule has 0 atom stereocenters. The Morgan fingerprint density at radius 2 is 1.84 bits per heavy atom. The van der Waals surface area contributed by atoms with Gasteiger partial charge in [-0.15, -0.1) is 0 Å². The number of nitrogens with zero attached hydrogens (tertiary/aromatic N) is 1. The highest BCUT2D eigenvalue weighted by atomic mass is 35.5. The van der Waals surface area contributed by atoms with Crippen molar-refractivity contribution in [2.24, 2.45) is 5.73 Å². The summed E-state index contributed by atoms with van der Waals surface area (Å²) in [6.07, 6.45) is 0. The normalized spacial score (nSPS) is 17.6. The van der Waals surface area contributed by atoms with Crippen molar-refractivity contribution in [2.45, 2.75) is 11.4 Å². The second kappa shape index (κ2) is 5.95. The van der Waals surface area contributed by atoms with Crippen molar-refractivity contribution in [2.75, 3.05) is 26.3 Å². The average Bonchev–Trinajstić information content (AvgIpc) is 2.41. The highest BCUT2D eigenvalue weighted by Crippen LogP contribution is 2.30. The first kappa shape index (κ1) is 15.0. The molecule has 1 aliphatic heterocycles. The van der Waals surface area contributed by atoms with Gasteiger partial charge < -0.3 is 10.5 Å². The summed E-state index contributed by atoms with van der Waals surface area (Å²) in [7, 11) is -3.64. The summed E-state index contributed by atoms with van der Waals surface area (Å²) >= 11 is 12.0. The van der Waals surface area contributed by atoms with Gasteiger partial charge in [-0.3, -0.25) is 0 Å². The lowest BCUT2D eigenvalue weighted by molar-refractivity contribution is 0.0730. The number of ether oxygens (including phenoxy) is 1. The van der Waals surface area contributed by atoms with Gasteiger partial charge in [0.1, 0.15) is 4.90 Å². The minimum atomic E-state index is -3.64. The van der Waals surface area contributed by atoms with Gasteiger partial charge in [-0.1, -0.05) is 23.2 Å². The van der Waals surface area contributed by atoms with E-state index in [1.165, 1.54) is 16.4 Å². The quantitative estimate of drug-likeness (QED) is 0.913. The molecule has 0 spiro atoms. The van der Waals surface area contributed by atoms with Gasteiger partial charge in [-0.2, -0.15) is 4.31 Å². The molecule has 19 heavy (non-hydrogen) atoms. The average molecular weight is 325 g/mol. The minimum Gasteiger partial charge on any atom is -0.379 e. The topological polar surface area (TPSA) is 72.6 Å². The van der Waals surface area contributed by atoms with Crippen molar-refractivity contribution in [3.05, 3.63) is 27.7 Å². The molecular weight excluding hydrogens is 311 g/mol. The molecule has 0 unspecified atom stereocenters. The number of sulfonamides is 1. The molecule has 5 nitrogen and oxygen atoms in total. The first-order valence-electron chi connectivity index (χ1n) is 5.72. The van der Waals surface area contributed by atoms with E-state index >= 15 is 0 Å². The highest BCUT2D eigenvalue weighted by molar-refractivity contribution is 7.89. The maximum atomic E-state index is 12.5. The zero-order valence-corrected chi connectivity index (χ0v) is 12.4. The standard InChI is InChI=1S/C11H14Cl2N2O3S/c12-9-6-11(10(13)5-8(9)7-14)19(16,17)15-1-3-18-4-2-15/h5-6H,1-4,7,14H2. The molecule has 0 amide bonds. The van der Waals surface area contributed by atoms with Crippen LogP contribution in [-0.4, -0.2) is 39.0 Å². The molecule has 106 valence electrons. The van der Waals surface area contributed by atoms with Crippen molar-refractivity contribution in [1.29, 1.82) is 0 Å². The molecule has 1 heterocycles. The lowest BCUT2D eigenvalue weighted by Crippen LogP contribution is -2.40. The van der Waals surface area contributed by atoms with E-state index in [0.29, 0.717) is 36.9 Å². The molecule has 1 aromatic rings. The van der Waals surface area contributed by atoms with Crippen LogP contribution in [0.15, 0.2) is 17.0 Å². The molecule has 2 N–H and O–H groups in total. The number of benzene rings is 1. The summed E-state index contributed by atoms with van der Waals surface area (Å²) in [4.78, 5) is 0.0123. The van der Waals surface area contributed by atoms with Crippen LogP contribution in [0.1, 0.15) is 5.56 Å². The number of halogens is 2. The fraction of sp³-hybridized carbons (Fsp3) is 0.455. The van der Waals surface area contributed by atoms with Crippen LogP contribution < -0.4 is 5.73 Å². The molecule has 1 fully saturated rings. The molecule has 1 aliphatic rings. The van der Waals surface area contributed by atoms with Gasteiger partial charge in [0, 0.05) is 24.7 Å². The van der Waals surface area contributed by atoms with Gasteiger partial charge >= 0.3 is 0 Å². The first-order valence-corrected chi connectivity index (χ1v) is 7.92. The van der Waals surface area contributed by atoms with E-state index < -0.39 is 10.0 Å². The monoisotopic (exact) mass is 324 g/mol. The number of hydrogen-bond donors (Lipinski definition) is 1. The second-order valence-electron chi connectivity index (χ2n) is 4.09. The fourth-order valence-corrected chi connectivity index (χ4v) is 4.11. The predicted octanol–water partition coefficient (Wildman–Crippen LogP) is 1.47. The third-order valence-corrected chi connectivity index (χ3v) is 5.62. The summed E-state index contributed by atoms with van der Waals surface area (Å²) < 4.78 is 31.4. The first-order chi connectivity index (χ1) is 8.96. The van der Waals surface area contributed by atoms with Gasteiger partial charge in [0.25, 0.3) is 0 Å². The van der Waals surface area contributed by atoms with Crippen LogP contribution in [0.4, 0.5) is 0 Å². The molecule has 2 rings (SSSR count). The number of nitrogens with two attached hydrogens (primary N) is 1. The van der Waals surface area contributed by atoms with Gasteiger partial charge in [-0.05, 0) is 17.7 Å². The Kier molecular flexibility index (Phi) is 4.70. The van der Waals surface area contributed by atoms with Crippen LogP contribution in [0.25, 0.3) is 0 Å². The maximum absolute atomic E-state index is 12.5. The number of morpholine rings is 1. The van der Waals surface area contributed by atoms with Gasteiger partial charge in [0.05, 0.1) is 18.2 Å². The molecule has 8 heteroatoms. The SMILES string of the molecule is NCc1cc(Cl)c(S(=O)(=O)N2CCOCC2)cc1Cl. The zero-order valence-electron chi connectivity index (χ0n) is 10.1. The molecule has 1 aromatic carbocycles. The van der Waals surface area contributed by atoms with Crippen molar-refractivity contribution in [3.63, 3.8) is 0 Å². The Hall–Kier alpha value is -0.370. The van der Waals surface area contributed by atoms with E-state index in [1.807, 2.05) is 0 Å². The summed E-state index contributed by atoms with van der Waals surface area (Å²) in [6.45, 7) is 1.59. The summed E-state index contributed by atoms with van der Waals surface area (Å²) in [5, 5.41) is 0.440. The van der Waals surface area contributed by atoms with Crippen LogP contribution in [-0.2, 0) is 21.3 Å². The van der Waals surface area contributed by atoms with Crippen LogP contribution in [0, 0.1) is 0 Å². The van der Waals surface area contributed by atoms with Gasteiger partial charge in [0.2, 0.25) is 10.0 Å². The van der Waals surface area contributed by atoms with Gasteiger partial charge in [0.15, 0.2) is 0 Å². The number of rotatable bonds is 3. The van der Waals surface area contributed by atoms with E-state index in [2.05, 4.69) is 0 Å². The Morgan fingerprint density at radius 1 is 1.21 bits per heavy atom. The molecular formula is C11H14Cl2N2O3S. The smallest absolute Gasteiger partial charge is 0.244 e. The van der Waals surface area contributed by atoms with Gasteiger partial charge in [-0.25, -0.2) is 8.42 Å². The van der Waals surface area contributed by atoms with Crippen molar-refractivity contribution < 1.29 is 13.2 Å². The van der Waals surface area contributed by atoms with E-state index in [1.54, 1.807) is 0 Å². The summed E-state index contributed by atoms with van der Waals surface area (Å²) in [5.41, 5.74) is 6.12. The van der Waals surface area contributed by atoms with Crippen LogP contribution >= 0.6 is 23.2 Å². The zero-order chi connectivity index (χ0) is 14.0. The van der Waals surface area contributed by atoms with Crippen molar-refractivity contribution >= 4 is 33.2 Å². The maximum Gasteiger partial charge on any atom is 0.244 e. The fourth-order valence-electron chi connectivity index (χ4n) is 1.85. The third-order valence-electron chi connectivity index (χ3n) is 2.91. The Labute approximate surface area is 122 Å². The largest absolute Gasteiger partial charge is 0.379 e. The van der Waals surface area contributed by atoms with Crippen molar-refractivity contribution in [1.82, 2.24) is 4.31 Å². The molecule has 0 aromatic heterocycles. The van der Waals surface area contributed by atoms with E-state index in [0.717, 1.165) is 0 Å². The molecule has 0 radical (unpaired) electrons. The van der Waals surface area contributed by atoms with E-state index in [-0.39, 0.29) is 16.5 Å². The molecule has 0 aliphatic carbocycles. The van der Waals surface area contributed by atoms with Crippen LogP contribution in [0.3, 0.4) is 0 Å². The third kappa shape index (κ3) is 3.04. The van der Waals surface area contributed by atoms with E-state index in [9.17, 15) is 8.42 Å². The highest BCUT2D eigenvalue weighted by Gasteiger charge is 2.29. The Balaban J connectivity index is 2.42. The molecule has 0 saturated carbocycles. The Bertz CT molecular complexity index is 572. The van der Waals surface area contributed by atoms with Crippen molar-refractivity contribution in [3.8, 4) is 0 Å². The summed E-state index contributed by atoms with van der Waals surface area (Å²) in [5.74, 6) is 0. The lowest BCUT2D eigenvalue weighted by Gasteiger charge is -2.26. The molecule has 0 bridgehead atoms. The number of hydrogen-bond acceptors (Lipinski definition) is 4. The lowest BCUT2D eigenvalue weighted by atomic mass is 10.2.